The zero-order chi connectivity index (χ0) is 11.4. The van der Waals surface area contributed by atoms with Crippen LogP contribution in [0.3, 0.4) is 0 Å². The third-order valence-electron chi connectivity index (χ3n) is 2.87. The molecule has 0 spiro atoms. The van der Waals surface area contributed by atoms with Crippen LogP contribution in [-0.2, 0) is 4.74 Å². The van der Waals surface area contributed by atoms with E-state index in [2.05, 4.69) is 11.8 Å². The van der Waals surface area contributed by atoms with Gasteiger partial charge in [0.2, 0.25) is 0 Å². The molecule has 88 valence electrons. The fraction of sp³-hybridized carbons (Fsp3) is 0.583. The molecule has 1 fully saturated rings. The minimum absolute atomic E-state index is 0.296. The van der Waals surface area contributed by atoms with Gasteiger partial charge in [-0.1, -0.05) is 0 Å². The molecule has 1 saturated heterocycles. The van der Waals surface area contributed by atoms with Gasteiger partial charge in [-0.25, -0.2) is 0 Å². The molecule has 4 heteroatoms. The maximum Gasteiger partial charge on any atom is 0.196 e. The van der Waals surface area contributed by atoms with Crippen molar-refractivity contribution >= 4 is 12.2 Å². The highest BCUT2D eigenvalue weighted by Gasteiger charge is 2.20. The van der Waals surface area contributed by atoms with Gasteiger partial charge in [-0.2, -0.15) is 0 Å². The summed E-state index contributed by atoms with van der Waals surface area (Å²) in [4.78, 5) is 12.6. The molecule has 0 amide bonds. The normalized spacial score (nSPS) is 19.9. The summed E-state index contributed by atoms with van der Waals surface area (Å²) in [7, 11) is 0. The van der Waals surface area contributed by atoms with Crippen molar-refractivity contribution in [2.75, 3.05) is 24.6 Å². The number of anilines is 1. The first-order chi connectivity index (χ1) is 7.83. The van der Waals surface area contributed by atoms with Crippen LogP contribution in [-0.4, -0.2) is 32.1 Å². The number of nitrogens with zero attached hydrogens (tertiary/aromatic N) is 1. The highest BCUT2D eigenvalue weighted by molar-refractivity contribution is 5.71. The van der Waals surface area contributed by atoms with E-state index in [0.717, 1.165) is 44.7 Å². The Balaban J connectivity index is 2.00. The Morgan fingerprint density at radius 3 is 3.00 bits per heavy atom. The van der Waals surface area contributed by atoms with Gasteiger partial charge in [-0.15, -0.1) is 0 Å². The first-order valence-corrected chi connectivity index (χ1v) is 5.75. The average Bonchev–Trinajstić information content (AvgIpc) is 2.96. The van der Waals surface area contributed by atoms with Crippen molar-refractivity contribution in [3.05, 3.63) is 17.9 Å². The van der Waals surface area contributed by atoms with Crippen LogP contribution in [0.1, 0.15) is 30.3 Å². The van der Waals surface area contributed by atoms with Gasteiger partial charge < -0.3 is 14.1 Å². The van der Waals surface area contributed by atoms with E-state index in [1.165, 1.54) is 0 Å². The molecule has 1 aliphatic heterocycles. The van der Waals surface area contributed by atoms with Crippen LogP contribution in [0.5, 0.6) is 0 Å². The smallest absolute Gasteiger partial charge is 0.196 e. The lowest BCUT2D eigenvalue weighted by molar-refractivity contribution is 0.109. The Bertz CT molecular complexity index is 342. The van der Waals surface area contributed by atoms with E-state index in [9.17, 15) is 4.79 Å². The van der Waals surface area contributed by atoms with Crippen LogP contribution in [0.4, 0.5) is 5.88 Å². The molecule has 2 heterocycles. The molecule has 1 aliphatic rings. The second kappa shape index (κ2) is 5.16. The Labute approximate surface area is 95.2 Å². The molecular weight excluding hydrogens is 206 g/mol. The second-order valence-electron chi connectivity index (χ2n) is 3.97. The zero-order valence-electron chi connectivity index (χ0n) is 9.52. The lowest BCUT2D eigenvalue weighted by Crippen LogP contribution is -2.31. The zero-order valence-corrected chi connectivity index (χ0v) is 9.52. The molecule has 0 N–H and O–H groups in total. The summed E-state index contributed by atoms with van der Waals surface area (Å²) in [6.45, 7) is 4.62. The maximum atomic E-state index is 10.5. The van der Waals surface area contributed by atoms with Crippen molar-refractivity contribution in [2.24, 2.45) is 0 Å². The predicted octanol–water partition coefficient (Wildman–Crippen LogP) is 2.10. The van der Waals surface area contributed by atoms with E-state index in [0.29, 0.717) is 11.9 Å². The van der Waals surface area contributed by atoms with Crippen LogP contribution in [0.15, 0.2) is 16.5 Å². The van der Waals surface area contributed by atoms with E-state index >= 15 is 0 Å². The largest absolute Gasteiger partial charge is 0.438 e. The predicted molar refractivity (Wildman–Crippen MR) is 61.0 cm³/mol. The first-order valence-electron chi connectivity index (χ1n) is 5.75. The fourth-order valence-electron chi connectivity index (χ4n) is 1.98. The Morgan fingerprint density at radius 1 is 1.56 bits per heavy atom. The summed E-state index contributed by atoms with van der Waals surface area (Å²) in [5, 5.41) is 0. The summed E-state index contributed by atoms with van der Waals surface area (Å²) in [6, 6.07) is 3.53. The number of carbonyl (C=O) groups excluding carboxylic acids is 1. The molecule has 1 aromatic heterocycles. The fourth-order valence-corrected chi connectivity index (χ4v) is 1.98. The van der Waals surface area contributed by atoms with Crippen molar-refractivity contribution in [3.8, 4) is 0 Å². The molecule has 4 nitrogen and oxygen atoms in total. The number of rotatable bonds is 5. The lowest BCUT2D eigenvalue weighted by Gasteiger charge is -2.23. The van der Waals surface area contributed by atoms with Crippen molar-refractivity contribution in [1.29, 1.82) is 0 Å². The number of carbonyl (C=O) groups is 1. The molecule has 16 heavy (non-hydrogen) atoms. The number of aldehydes is 1. The summed E-state index contributed by atoms with van der Waals surface area (Å²) < 4.78 is 11.0. The van der Waals surface area contributed by atoms with Crippen LogP contribution in [0.25, 0.3) is 0 Å². The standard InChI is InChI=1S/C12H17NO3/c1-2-13(8-10-4-3-7-15-10)12-6-5-11(9-14)16-12/h5-6,9-10H,2-4,7-8H2,1H3. The highest BCUT2D eigenvalue weighted by Crippen LogP contribution is 2.20. The van der Waals surface area contributed by atoms with Gasteiger partial charge in [0.15, 0.2) is 17.9 Å². The molecule has 0 aromatic carbocycles. The summed E-state index contributed by atoms with van der Waals surface area (Å²) in [5.41, 5.74) is 0. The highest BCUT2D eigenvalue weighted by atomic mass is 16.5. The molecular formula is C12H17NO3. The summed E-state index contributed by atoms with van der Waals surface area (Å²) >= 11 is 0. The van der Waals surface area contributed by atoms with Crippen LogP contribution < -0.4 is 4.90 Å². The third-order valence-corrected chi connectivity index (χ3v) is 2.87. The minimum Gasteiger partial charge on any atom is -0.438 e. The maximum absolute atomic E-state index is 10.5. The lowest BCUT2D eigenvalue weighted by atomic mass is 10.2. The van der Waals surface area contributed by atoms with E-state index in [1.807, 2.05) is 6.07 Å². The van der Waals surface area contributed by atoms with E-state index < -0.39 is 0 Å². The summed E-state index contributed by atoms with van der Waals surface area (Å²) in [6.07, 6.45) is 3.27. The minimum atomic E-state index is 0.296. The quantitative estimate of drug-likeness (QED) is 0.717. The van der Waals surface area contributed by atoms with E-state index in [-0.39, 0.29) is 0 Å². The molecule has 0 aliphatic carbocycles. The van der Waals surface area contributed by atoms with Gasteiger partial charge in [0.25, 0.3) is 0 Å². The second-order valence-corrected chi connectivity index (χ2v) is 3.97. The number of likely N-dealkylation sites (N-methyl/N-ethyl adjacent to an activating group) is 1. The molecule has 0 saturated carbocycles. The Hall–Kier alpha value is -1.29. The van der Waals surface area contributed by atoms with Gasteiger partial charge in [-0.05, 0) is 25.8 Å². The molecule has 1 atom stereocenters. The van der Waals surface area contributed by atoms with E-state index in [4.69, 9.17) is 9.15 Å². The Kier molecular flexibility index (Phi) is 3.62. The van der Waals surface area contributed by atoms with Crippen molar-refractivity contribution in [3.63, 3.8) is 0 Å². The average molecular weight is 223 g/mol. The third kappa shape index (κ3) is 2.44. The first kappa shape index (κ1) is 11.2. The number of furan rings is 1. The molecule has 2 rings (SSSR count). The van der Waals surface area contributed by atoms with Gasteiger partial charge in [0, 0.05) is 25.8 Å². The monoisotopic (exact) mass is 223 g/mol. The number of hydrogen-bond acceptors (Lipinski definition) is 4. The molecule has 1 aromatic rings. The Morgan fingerprint density at radius 2 is 2.44 bits per heavy atom. The summed E-state index contributed by atoms with van der Waals surface area (Å²) in [5.74, 6) is 1.13. The molecule has 0 radical (unpaired) electrons. The SMILES string of the molecule is CCN(CC1CCCO1)c1ccc(C=O)o1. The number of ether oxygens (including phenoxy) is 1. The molecule has 0 bridgehead atoms. The van der Waals surface area contributed by atoms with Gasteiger partial charge in [0.05, 0.1) is 6.10 Å². The van der Waals surface area contributed by atoms with Gasteiger partial charge in [0.1, 0.15) is 0 Å². The van der Waals surface area contributed by atoms with E-state index in [1.54, 1.807) is 6.07 Å². The molecule has 1 unspecified atom stereocenters. The van der Waals surface area contributed by atoms with Gasteiger partial charge >= 0.3 is 0 Å². The van der Waals surface area contributed by atoms with Crippen molar-refractivity contribution in [2.45, 2.75) is 25.9 Å². The topological polar surface area (TPSA) is 42.7 Å². The van der Waals surface area contributed by atoms with Gasteiger partial charge in [-0.3, -0.25) is 4.79 Å². The van der Waals surface area contributed by atoms with Crippen LogP contribution >= 0.6 is 0 Å². The van der Waals surface area contributed by atoms with Crippen LogP contribution in [0.2, 0.25) is 0 Å². The van der Waals surface area contributed by atoms with Crippen molar-refractivity contribution in [1.82, 2.24) is 0 Å². The van der Waals surface area contributed by atoms with Crippen LogP contribution in [0, 0.1) is 0 Å². The van der Waals surface area contributed by atoms with Crippen molar-refractivity contribution < 1.29 is 13.9 Å². The number of hydrogen-bond donors (Lipinski definition) is 0.